The number of carbonyl (C=O) groups is 4. The van der Waals surface area contributed by atoms with Gasteiger partial charge in [0.05, 0.1) is 26.4 Å². The van der Waals surface area contributed by atoms with Gasteiger partial charge in [0.1, 0.15) is 19.3 Å². The van der Waals surface area contributed by atoms with Crippen molar-refractivity contribution in [3.63, 3.8) is 0 Å². The fourth-order valence-electron chi connectivity index (χ4n) is 8.52. The molecule has 17 nitrogen and oxygen atoms in total. The van der Waals surface area contributed by atoms with Crippen molar-refractivity contribution < 1.29 is 80.2 Å². The summed E-state index contributed by atoms with van der Waals surface area (Å²) in [4.78, 5) is 71.6. The molecule has 0 spiro atoms. The lowest BCUT2D eigenvalue weighted by atomic mass is 10.0. The Balaban J connectivity index is 5.18. The molecule has 0 amide bonds. The maximum Gasteiger partial charge on any atom is 0.472 e. The van der Waals surface area contributed by atoms with Crippen molar-refractivity contribution in [1.82, 2.24) is 0 Å². The number of rotatable bonds is 58. The van der Waals surface area contributed by atoms with Gasteiger partial charge in [-0.05, 0) is 31.6 Å². The number of esters is 4. The Labute approximate surface area is 467 Å². The largest absolute Gasteiger partial charge is 0.472 e. The lowest BCUT2D eigenvalue weighted by molar-refractivity contribution is -0.161. The summed E-state index contributed by atoms with van der Waals surface area (Å²) in [5.41, 5.74) is 0. The minimum atomic E-state index is -4.94. The summed E-state index contributed by atoms with van der Waals surface area (Å²) >= 11 is 0. The molecule has 3 N–H and O–H groups in total. The van der Waals surface area contributed by atoms with E-state index in [1.54, 1.807) is 0 Å². The third-order valence-corrected chi connectivity index (χ3v) is 15.2. The monoisotopic (exact) mass is 1140 g/mol. The Morgan fingerprint density at radius 2 is 0.597 bits per heavy atom. The van der Waals surface area contributed by atoms with E-state index in [0.717, 1.165) is 103 Å². The maximum absolute atomic E-state index is 12.9. The van der Waals surface area contributed by atoms with Crippen LogP contribution in [0.3, 0.4) is 0 Å². The fourth-order valence-corrected chi connectivity index (χ4v) is 10.1. The van der Waals surface area contributed by atoms with E-state index in [9.17, 15) is 43.2 Å². The van der Waals surface area contributed by atoms with Crippen LogP contribution in [0.4, 0.5) is 0 Å². The first kappa shape index (κ1) is 75.1. The fraction of sp³-hybridized carbons (Fsp3) is 0.931. The predicted octanol–water partition coefficient (Wildman–Crippen LogP) is 15.5. The van der Waals surface area contributed by atoms with Gasteiger partial charge in [0, 0.05) is 25.7 Å². The van der Waals surface area contributed by atoms with Crippen LogP contribution in [0.15, 0.2) is 0 Å². The smallest absolute Gasteiger partial charge is 0.462 e. The van der Waals surface area contributed by atoms with Crippen LogP contribution in [0.1, 0.15) is 285 Å². The zero-order valence-electron chi connectivity index (χ0n) is 49.1. The SMILES string of the molecule is CCCCCCCCCCCCCCC(=O)O[C@H](COC(=O)CCCCCCCCCC(C)C)COP(=O)(O)OC[C@@H](O)COP(=O)(O)OC[C@@H](COC(=O)CCCCCCC)OC(=O)CCCCCCCCCCCC. The molecular formula is C58H112O17P2. The van der Waals surface area contributed by atoms with Gasteiger partial charge in [-0.25, -0.2) is 9.13 Å². The van der Waals surface area contributed by atoms with Gasteiger partial charge in [0.15, 0.2) is 12.2 Å². The molecule has 5 atom stereocenters. The van der Waals surface area contributed by atoms with E-state index in [-0.39, 0.29) is 25.7 Å². The van der Waals surface area contributed by atoms with Gasteiger partial charge in [-0.3, -0.25) is 37.3 Å². The molecule has 0 radical (unpaired) electrons. The van der Waals surface area contributed by atoms with Crippen LogP contribution < -0.4 is 0 Å². The molecule has 0 aromatic rings. The van der Waals surface area contributed by atoms with Crippen LogP contribution in [0.25, 0.3) is 0 Å². The zero-order valence-corrected chi connectivity index (χ0v) is 50.9. The van der Waals surface area contributed by atoms with Crippen molar-refractivity contribution >= 4 is 39.5 Å². The van der Waals surface area contributed by atoms with Crippen LogP contribution in [0.5, 0.6) is 0 Å². The van der Waals surface area contributed by atoms with Crippen molar-refractivity contribution in [1.29, 1.82) is 0 Å². The molecular weight excluding hydrogens is 1030 g/mol. The van der Waals surface area contributed by atoms with E-state index < -0.39 is 97.5 Å². The molecule has 0 aliphatic rings. The third-order valence-electron chi connectivity index (χ3n) is 13.3. The second kappa shape index (κ2) is 52.2. The molecule has 0 rings (SSSR count). The third kappa shape index (κ3) is 53.2. The number of aliphatic hydroxyl groups is 1. The van der Waals surface area contributed by atoms with Gasteiger partial charge in [-0.15, -0.1) is 0 Å². The molecule has 0 saturated heterocycles. The van der Waals surface area contributed by atoms with E-state index >= 15 is 0 Å². The zero-order chi connectivity index (χ0) is 57.1. The Morgan fingerprint density at radius 3 is 0.883 bits per heavy atom. The summed E-state index contributed by atoms with van der Waals surface area (Å²) in [7, 11) is -9.86. The van der Waals surface area contributed by atoms with E-state index in [0.29, 0.717) is 31.6 Å². The summed E-state index contributed by atoms with van der Waals surface area (Å²) in [6.45, 7) is 7.00. The Hall–Kier alpha value is -1.94. The lowest BCUT2D eigenvalue weighted by Crippen LogP contribution is -2.30. The molecule has 0 saturated carbocycles. The molecule has 456 valence electrons. The Bertz CT molecular complexity index is 1520. The van der Waals surface area contributed by atoms with Gasteiger partial charge in [0.2, 0.25) is 0 Å². The average molecular weight is 1140 g/mol. The van der Waals surface area contributed by atoms with Crippen LogP contribution in [-0.2, 0) is 65.4 Å². The Morgan fingerprint density at radius 1 is 0.351 bits per heavy atom. The number of carbonyl (C=O) groups excluding carboxylic acids is 4. The summed E-state index contributed by atoms with van der Waals surface area (Å²) in [5.74, 6) is -1.45. The predicted molar refractivity (Wildman–Crippen MR) is 303 cm³/mol. The molecule has 2 unspecified atom stereocenters. The summed E-state index contributed by atoms with van der Waals surface area (Å²) < 4.78 is 67.5. The number of hydrogen-bond acceptors (Lipinski definition) is 15. The molecule has 0 bridgehead atoms. The quantitative estimate of drug-likeness (QED) is 0.0222. The van der Waals surface area contributed by atoms with Crippen LogP contribution >= 0.6 is 15.6 Å². The summed E-state index contributed by atoms with van der Waals surface area (Å²) in [5, 5.41) is 10.5. The van der Waals surface area contributed by atoms with Crippen LogP contribution in [-0.4, -0.2) is 96.7 Å². The van der Waals surface area contributed by atoms with Crippen molar-refractivity contribution in [2.75, 3.05) is 39.6 Å². The van der Waals surface area contributed by atoms with E-state index in [1.165, 1.54) is 96.3 Å². The molecule has 0 aromatic carbocycles. The van der Waals surface area contributed by atoms with Crippen molar-refractivity contribution in [3.05, 3.63) is 0 Å². The average Bonchev–Trinajstić information content (AvgIpc) is 3.39. The number of hydrogen-bond donors (Lipinski definition) is 3. The summed E-state index contributed by atoms with van der Waals surface area (Å²) in [6.07, 6.45) is 33.8. The highest BCUT2D eigenvalue weighted by Crippen LogP contribution is 2.45. The highest BCUT2D eigenvalue weighted by atomic mass is 31.2. The number of phosphoric acid groups is 2. The first-order valence-electron chi connectivity index (χ1n) is 30.6. The highest BCUT2D eigenvalue weighted by molar-refractivity contribution is 7.47. The molecule has 0 aliphatic heterocycles. The van der Waals surface area contributed by atoms with Gasteiger partial charge in [-0.2, -0.15) is 0 Å². The first-order valence-corrected chi connectivity index (χ1v) is 33.6. The van der Waals surface area contributed by atoms with Gasteiger partial charge in [-0.1, -0.05) is 234 Å². The number of ether oxygens (including phenoxy) is 4. The minimum absolute atomic E-state index is 0.105. The standard InChI is InChI=1S/C58H112O17P2/c1-6-9-12-15-17-19-21-22-24-28-34-39-44-58(63)75-54(48-69-56(61)42-37-32-29-25-26-31-35-40-51(4)5)50-73-77(66,67)71-46-52(59)45-70-76(64,65)72-49-53(47-68-55(60)41-36-30-14-11-8-3)74-57(62)43-38-33-27-23-20-18-16-13-10-7-2/h51-54,59H,6-50H2,1-5H3,(H,64,65)(H,66,67)/t52-,53+,54+/m0/s1. The Kier molecular flexibility index (Phi) is 50.8. The molecule has 0 heterocycles. The lowest BCUT2D eigenvalue weighted by Gasteiger charge is -2.21. The number of phosphoric ester groups is 2. The minimum Gasteiger partial charge on any atom is -0.462 e. The maximum atomic E-state index is 12.9. The second-order valence-electron chi connectivity index (χ2n) is 21.5. The molecule has 0 fully saturated rings. The highest BCUT2D eigenvalue weighted by Gasteiger charge is 2.30. The molecule has 77 heavy (non-hydrogen) atoms. The van der Waals surface area contributed by atoms with Crippen molar-refractivity contribution in [2.45, 2.75) is 303 Å². The molecule has 0 aliphatic carbocycles. The van der Waals surface area contributed by atoms with Crippen molar-refractivity contribution in [2.24, 2.45) is 5.92 Å². The number of unbranched alkanes of at least 4 members (excludes halogenated alkanes) is 30. The van der Waals surface area contributed by atoms with Crippen molar-refractivity contribution in [3.8, 4) is 0 Å². The topological polar surface area (TPSA) is 237 Å². The number of aliphatic hydroxyl groups excluding tert-OH is 1. The van der Waals surface area contributed by atoms with Gasteiger partial charge < -0.3 is 33.8 Å². The molecule has 0 aromatic heterocycles. The van der Waals surface area contributed by atoms with E-state index in [1.807, 2.05) is 0 Å². The second-order valence-corrected chi connectivity index (χ2v) is 24.4. The van der Waals surface area contributed by atoms with Gasteiger partial charge in [0.25, 0.3) is 0 Å². The van der Waals surface area contributed by atoms with E-state index in [2.05, 4.69) is 34.6 Å². The first-order chi connectivity index (χ1) is 37.0. The van der Waals surface area contributed by atoms with Crippen LogP contribution in [0, 0.1) is 5.92 Å². The van der Waals surface area contributed by atoms with Crippen LogP contribution in [0.2, 0.25) is 0 Å². The van der Waals surface area contributed by atoms with Gasteiger partial charge >= 0.3 is 39.5 Å². The van der Waals surface area contributed by atoms with E-state index in [4.69, 9.17) is 37.0 Å². The molecule has 19 heteroatoms. The normalized spacial score (nSPS) is 14.4. The summed E-state index contributed by atoms with van der Waals surface area (Å²) in [6, 6.07) is 0.